The maximum Gasteiger partial charge on any atom is 0.163 e. The zero-order valence-electron chi connectivity index (χ0n) is 10.3. The lowest BCUT2D eigenvalue weighted by Gasteiger charge is -2.26. The van der Waals surface area contributed by atoms with Gasteiger partial charge in [-0.05, 0) is 24.3 Å². The molecule has 2 aliphatic heterocycles. The highest BCUT2D eigenvalue weighted by Gasteiger charge is 2.18. The Kier molecular flexibility index (Phi) is 3.41. The van der Waals surface area contributed by atoms with Crippen molar-refractivity contribution >= 4 is 23.1 Å². The fourth-order valence-corrected chi connectivity index (χ4v) is 3.40. The fourth-order valence-electron chi connectivity index (χ4n) is 2.29. The van der Waals surface area contributed by atoms with E-state index < -0.39 is 0 Å². The number of thioether (sulfide) groups is 1. The van der Waals surface area contributed by atoms with E-state index in [0.29, 0.717) is 19.3 Å². The van der Waals surface area contributed by atoms with E-state index in [0.717, 1.165) is 22.9 Å². The first-order chi connectivity index (χ1) is 8.83. The molecule has 0 radical (unpaired) electrons. The summed E-state index contributed by atoms with van der Waals surface area (Å²) < 4.78 is 11.1. The van der Waals surface area contributed by atoms with Crippen LogP contribution in [0.15, 0.2) is 12.1 Å². The van der Waals surface area contributed by atoms with Crippen LogP contribution in [0.5, 0.6) is 11.5 Å². The third-order valence-corrected chi connectivity index (χ3v) is 4.34. The normalized spacial score (nSPS) is 19.6. The van der Waals surface area contributed by atoms with Crippen molar-refractivity contribution in [3.63, 3.8) is 0 Å². The van der Waals surface area contributed by atoms with Gasteiger partial charge in [0, 0.05) is 18.2 Å². The molecule has 2 aliphatic rings. The molecule has 0 bridgehead atoms. The van der Waals surface area contributed by atoms with E-state index in [1.165, 1.54) is 24.3 Å². The molecule has 3 rings (SSSR count). The minimum Gasteiger partial charge on any atom is -0.486 e. The van der Waals surface area contributed by atoms with Gasteiger partial charge in [0.2, 0.25) is 0 Å². The lowest BCUT2D eigenvalue weighted by Crippen LogP contribution is -2.25. The van der Waals surface area contributed by atoms with Gasteiger partial charge in [0.25, 0.3) is 0 Å². The van der Waals surface area contributed by atoms with Crippen LogP contribution in [-0.2, 0) is 0 Å². The van der Waals surface area contributed by atoms with E-state index in [2.05, 4.69) is 5.32 Å². The van der Waals surface area contributed by atoms with Gasteiger partial charge in [0.05, 0.1) is 11.4 Å². The molecule has 3 N–H and O–H groups in total. The van der Waals surface area contributed by atoms with Crippen LogP contribution in [-0.4, -0.2) is 30.8 Å². The first-order valence-electron chi connectivity index (χ1n) is 6.36. The topological polar surface area (TPSA) is 56.5 Å². The summed E-state index contributed by atoms with van der Waals surface area (Å²) in [6, 6.07) is 4.34. The first-order valence-corrected chi connectivity index (χ1v) is 7.52. The zero-order valence-corrected chi connectivity index (χ0v) is 11.1. The summed E-state index contributed by atoms with van der Waals surface area (Å²) in [7, 11) is 0. The summed E-state index contributed by atoms with van der Waals surface area (Å²) in [6.45, 7) is 1.20. The highest BCUT2D eigenvalue weighted by Crippen LogP contribution is 2.37. The quantitative estimate of drug-likeness (QED) is 0.805. The largest absolute Gasteiger partial charge is 0.486 e. The molecule has 0 saturated carbocycles. The predicted octanol–water partition coefficient (Wildman–Crippen LogP) is 2.35. The molecule has 1 aromatic carbocycles. The molecule has 0 aromatic heterocycles. The lowest BCUT2D eigenvalue weighted by molar-refractivity contribution is 0.172. The number of hydrogen-bond donors (Lipinski definition) is 2. The van der Waals surface area contributed by atoms with Crippen LogP contribution in [0.4, 0.5) is 11.4 Å². The van der Waals surface area contributed by atoms with Crippen molar-refractivity contribution in [1.29, 1.82) is 0 Å². The van der Waals surface area contributed by atoms with Gasteiger partial charge in [-0.15, -0.1) is 0 Å². The molecule has 18 heavy (non-hydrogen) atoms. The van der Waals surface area contributed by atoms with Gasteiger partial charge in [-0.2, -0.15) is 11.8 Å². The van der Waals surface area contributed by atoms with Crippen molar-refractivity contribution < 1.29 is 9.47 Å². The number of nitrogen functional groups attached to an aromatic ring is 1. The number of benzene rings is 1. The van der Waals surface area contributed by atoms with Crippen LogP contribution in [0.3, 0.4) is 0 Å². The SMILES string of the molecule is Nc1cc2c(cc1NC1CCSCC1)OCCO2. The van der Waals surface area contributed by atoms with E-state index in [9.17, 15) is 0 Å². The van der Waals surface area contributed by atoms with E-state index in [4.69, 9.17) is 15.2 Å². The van der Waals surface area contributed by atoms with Gasteiger partial charge in [-0.3, -0.25) is 0 Å². The zero-order chi connectivity index (χ0) is 12.4. The number of anilines is 2. The number of rotatable bonds is 2. The first kappa shape index (κ1) is 11.8. The molecule has 1 aromatic rings. The number of ether oxygens (including phenoxy) is 2. The molecular weight excluding hydrogens is 248 g/mol. The molecule has 2 heterocycles. The second-order valence-electron chi connectivity index (χ2n) is 4.61. The molecule has 5 heteroatoms. The van der Waals surface area contributed by atoms with E-state index >= 15 is 0 Å². The highest BCUT2D eigenvalue weighted by molar-refractivity contribution is 7.99. The minimum absolute atomic E-state index is 0.524. The van der Waals surface area contributed by atoms with Gasteiger partial charge in [0.1, 0.15) is 13.2 Å². The molecule has 0 atom stereocenters. The highest BCUT2D eigenvalue weighted by atomic mass is 32.2. The van der Waals surface area contributed by atoms with Crippen molar-refractivity contribution in [3.05, 3.63) is 12.1 Å². The second kappa shape index (κ2) is 5.18. The maximum absolute atomic E-state index is 6.06. The summed E-state index contributed by atoms with van der Waals surface area (Å²) in [6.07, 6.45) is 2.39. The number of hydrogen-bond acceptors (Lipinski definition) is 5. The second-order valence-corrected chi connectivity index (χ2v) is 5.84. The average molecular weight is 266 g/mol. The van der Waals surface area contributed by atoms with Crippen LogP contribution in [0.25, 0.3) is 0 Å². The van der Waals surface area contributed by atoms with Crippen molar-refractivity contribution in [1.82, 2.24) is 0 Å². The van der Waals surface area contributed by atoms with Crippen molar-refractivity contribution in [2.75, 3.05) is 35.8 Å². The Morgan fingerprint density at radius 3 is 2.50 bits per heavy atom. The third kappa shape index (κ3) is 2.46. The summed E-state index contributed by atoms with van der Waals surface area (Å²) in [5.74, 6) is 4.00. The number of nitrogens with one attached hydrogen (secondary N) is 1. The smallest absolute Gasteiger partial charge is 0.163 e. The fraction of sp³-hybridized carbons (Fsp3) is 0.538. The van der Waals surface area contributed by atoms with Gasteiger partial charge >= 0.3 is 0 Å². The van der Waals surface area contributed by atoms with Gasteiger partial charge in [-0.1, -0.05) is 0 Å². The third-order valence-electron chi connectivity index (χ3n) is 3.30. The van der Waals surface area contributed by atoms with Crippen LogP contribution in [0.1, 0.15) is 12.8 Å². The van der Waals surface area contributed by atoms with Gasteiger partial charge in [0.15, 0.2) is 11.5 Å². The Morgan fingerprint density at radius 2 is 1.78 bits per heavy atom. The molecule has 0 spiro atoms. The summed E-state index contributed by atoms with van der Waals surface area (Å²) in [4.78, 5) is 0. The van der Waals surface area contributed by atoms with Gasteiger partial charge in [-0.25, -0.2) is 0 Å². The van der Waals surface area contributed by atoms with Crippen molar-refractivity contribution in [2.45, 2.75) is 18.9 Å². The molecule has 1 fully saturated rings. The van der Waals surface area contributed by atoms with Crippen LogP contribution in [0, 0.1) is 0 Å². The number of fused-ring (bicyclic) bond motifs is 1. The molecule has 0 aliphatic carbocycles. The van der Waals surface area contributed by atoms with Gasteiger partial charge < -0.3 is 20.5 Å². The summed E-state index contributed by atoms with van der Waals surface area (Å²) in [5.41, 5.74) is 7.76. The summed E-state index contributed by atoms with van der Waals surface area (Å²) >= 11 is 2.02. The van der Waals surface area contributed by atoms with E-state index in [-0.39, 0.29) is 0 Å². The van der Waals surface area contributed by atoms with E-state index in [1.807, 2.05) is 23.9 Å². The Balaban J connectivity index is 1.78. The maximum atomic E-state index is 6.06. The Morgan fingerprint density at radius 1 is 1.11 bits per heavy atom. The predicted molar refractivity (Wildman–Crippen MR) is 75.8 cm³/mol. The van der Waals surface area contributed by atoms with Crippen LogP contribution < -0.4 is 20.5 Å². The van der Waals surface area contributed by atoms with Crippen LogP contribution >= 0.6 is 11.8 Å². The molecule has 0 unspecified atom stereocenters. The molecule has 98 valence electrons. The molecule has 0 amide bonds. The Labute approximate surface area is 111 Å². The Bertz CT molecular complexity index is 433. The molecule has 4 nitrogen and oxygen atoms in total. The van der Waals surface area contributed by atoms with Crippen molar-refractivity contribution in [3.8, 4) is 11.5 Å². The number of nitrogens with two attached hydrogens (primary N) is 1. The lowest BCUT2D eigenvalue weighted by atomic mass is 10.1. The Hall–Kier alpha value is -1.23. The standard InChI is InChI=1S/C13H18N2O2S/c14-10-7-12-13(17-4-3-16-12)8-11(10)15-9-1-5-18-6-2-9/h7-9,15H,1-6,14H2. The molecular formula is C13H18N2O2S. The van der Waals surface area contributed by atoms with E-state index in [1.54, 1.807) is 0 Å². The average Bonchev–Trinajstić information content (AvgIpc) is 2.41. The van der Waals surface area contributed by atoms with Crippen molar-refractivity contribution in [2.24, 2.45) is 0 Å². The monoisotopic (exact) mass is 266 g/mol. The molecule has 1 saturated heterocycles. The van der Waals surface area contributed by atoms with Crippen LogP contribution in [0.2, 0.25) is 0 Å². The summed E-state index contributed by atoms with van der Waals surface area (Å²) in [5, 5.41) is 3.53. The minimum atomic E-state index is 0.524.